The van der Waals surface area contributed by atoms with Gasteiger partial charge in [0.1, 0.15) is 6.04 Å². The Bertz CT molecular complexity index is 621. The monoisotopic (exact) mass is 378 g/mol. The summed E-state index contributed by atoms with van der Waals surface area (Å²) in [6, 6.07) is 7.05. The number of hydrogen-bond acceptors (Lipinski definition) is 4. The maximum atomic E-state index is 13.0. The Balaban J connectivity index is 2.13. The van der Waals surface area contributed by atoms with Gasteiger partial charge in [0.05, 0.1) is 12.0 Å². The molecule has 0 bridgehead atoms. The van der Waals surface area contributed by atoms with Crippen LogP contribution in [-0.4, -0.2) is 40.7 Å². The molecule has 2 unspecified atom stereocenters. The van der Waals surface area contributed by atoms with Crippen molar-refractivity contribution < 1.29 is 14.3 Å². The van der Waals surface area contributed by atoms with Crippen LogP contribution in [0.4, 0.5) is 10.5 Å². The normalized spacial score (nSPS) is 19.7. The minimum absolute atomic E-state index is 0.0342. The van der Waals surface area contributed by atoms with Gasteiger partial charge in [0.2, 0.25) is 0 Å². The predicted molar refractivity (Wildman–Crippen MR) is 107 cm³/mol. The first-order chi connectivity index (χ1) is 12.5. The summed E-state index contributed by atoms with van der Waals surface area (Å²) in [6.07, 6.45) is 2.72. The second-order valence-corrected chi connectivity index (χ2v) is 8.05. The molecule has 1 heterocycles. The number of benzene rings is 1. The number of amides is 2. The number of unbranched alkanes of at least 4 members (excludes halogenated alkanes) is 1. The summed E-state index contributed by atoms with van der Waals surface area (Å²) in [6.45, 7) is 8.69. The second-order valence-electron chi connectivity index (χ2n) is 6.90. The van der Waals surface area contributed by atoms with Gasteiger partial charge in [-0.05, 0) is 36.5 Å². The number of thioether (sulfide) groups is 1. The molecule has 5 nitrogen and oxygen atoms in total. The van der Waals surface area contributed by atoms with Crippen molar-refractivity contribution in [3.63, 3.8) is 0 Å². The predicted octanol–water partition coefficient (Wildman–Crippen LogP) is 4.52. The summed E-state index contributed by atoms with van der Waals surface area (Å²) in [5, 5.41) is 2.93. The quantitative estimate of drug-likeness (QED) is 0.560. The zero-order valence-corrected chi connectivity index (χ0v) is 17.0. The van der Waals surface area contributed by atoms with Gasteiger partial charge in [0.25, 0.3) is 0 Å². The molecule has 1 saturated heterocycles. The van der Waals surface area contributed by atoms with Crippen LogP contribution in [0, 0.1) is 5.92 Å². The number of nitrogens with one attached hydrogen (secondary N) is 1. The fourth-order valence-corrected chi connectivity index (χ4v) is 4.41. The molecule has 2 amide bonds. The Morgan fingerprint density at radius 1 is 1.35 bits per heavy atom. The molecule has 1 aliphatic rings. The van der Waals surface area contributed by atoms with Crippen molar-refractivity contribution in [2.24, 2.45) is 5.92 Å². The molecule has 1 aromatic carbocycles. The van der Waals surface area contributed by atoms with Crippen LogP contribution in [0.3, 0.4) is 0 Å². The van der Waals surface area contributed by atoms with Gasteiger partial charge in [-0.3, -0.25) is 4.90 Å². The molecule has 1 aromatic rings. The van der Waals surface area contributed by atoms with Gasteiger partial charge >= 0.3 is 12.0 Å². The van der Waals surface area contributed by atoms with E-state index in [-0.39, 0.29) is 23.3 Å². The highest BCUT2D eigenvalue weighted by Gasteiger charge is 2.43. The SMILES string of the molecule is CCCCOC(=O)C1CSC(C(C)C)N1C(=O)Nc1cccc(CC)c1. The van der Waals surface area contributed by atoms with Crippen molar-refractivity contribution in [3.05, 3.63) is 29.8 Å². The number of rotatable bonds is 7. The average Bonchev–Trinajstić information content (AvgIpc) is 3.07. The summed E-state index contributed by atoms with van der Waals surface area (Å²) in [4.78, 5) is 27.1. The molecule has 0 saturated carbocycles. The van der Waals surface area contributed by atoms with Gasteiger partial charge < -0.3 is 10.1 Å². The van der Waals surface area contributed by atoms with Crippen LogP contribution in [0.25, 0.3) is 0 Å². The molecule has 1 N–H and O–H groups in total. The minimum atomic E-state index is -0.529. The van der Waals surface area contributed by atoms with E-state index in [4.69, 9.17) is 4.74 Å². The number of ether oxygens (including phenoxy) is 1. The fourth-order valence-electron chi connectivity index (χ4n) is 2.95. The molecular weight excluding hydrogens is 348 g/mol. The second kappa shape index (κ2) is 9.86. The molecule has 0 aliphatic carbocycles. The summed E-state index contributed by atoms with van der Waals surface area (Å²) >= 11 is 1.65. The summed E-state index contributed by atoms with van der Waals surface area (Å²) < 4.78 is 5.39. The molecule has 0 radical (unpaired) electrons. The third-order valence-electron chi connectivity index (χ3n) is 4.44. The van der Waals surface area contributed by atoms with Gasteiger partial charge in [-0.25, -0.2) is 9.59 Å². The van der Waals surface area contributed by atoms with Crippen molar-refractivity contribution in [2.75, 3.05) is 17.7 Å². The van der Waals surface area contributed by atoms with E-state index in [1.165, 1.54) is 0 Å². The molecule has 26 heavy (non-hydrogen) atoms. The highest BCUT2D eigenvalue weighted by molar-refractivity contribution is 8.00. The summed E-state index contributed by atoms with van der Waals surface area (Å²) in [5.74, 6) is 0.531. The van der Waals surface area contributed by atoms with Gasteiger partial charge in [-0.1, -0.05) is 46.2 Å². The maximum Gasteiger partial charge on any atom is 0.329 e. The van der Waals surface area contributed by atoms with E-state index in [9.17, 15) is 9.59 Å². The standard InChI is InChI=1S/C20H30N2O3S/c1-5-7-11-25-19(23)17-13-26-18(14(3)4)22(17)20(24)21-16-10-8-9-15(6-2)12-16/h8-10,12,14,17-18H,5-7,11,13H2,1-4H3,(H,21,24). The van der Waals surface area contributed by atoms with Crippen molar-refractivity contribution in [3.8, 4) is 0 Å². The molecule has 0 spiro atoms. The lowest BCUT2D eigenvalue weighted by Gasteiger charge is -2.30. The van der Waals surface area contributed by atoms with Crippen molar-refractivity contribution in [2.45, 2.75) is 58.4 Å². The first-order valence-corrected chi connectivity index (χ1v) is 10.5. The van der Waals surface area contributed by atoms with E-state index >= 15 is 0 Å². The number of esters is 1. The van der Waals surface area contributed by atoms with Gasteiger partial charge in [0.15, 0.2) is 0 Å². The van der Waals surface area contributed by atoms with E-state index in [0.29, 0.717) is 12.4 Å². The Hall–Kier alpha value is -1.69. The minimum Gasteiger partial charge on any atom is -0.464 e. The van der Waals surface area contributed by atoms with Crippen LogP contribution in [0.1, 0.15) is 46.1 Å². The molecule has 1 fully saturated rings. The average molecular weight is 379 g/mol. The Morgan fingerprint density at radius 3 is 2.77 bits per heavy atom. The van der Waals surface area contributed by atoms with Crippen LogP contribution in [0.15, 0.2) is 24.3 Å². The van der Waals surface area contributed by atoms with E-state index in [0.717, 1.165) is 30.5 Å². The number of carbonyl (C=O) groups excluding carboxylic acids is 2. The molecule has 2 atom stereocenters. The number of hydrogen-bond donors (Lipinski definition) is 1. The Labute approximate surface area is 160 Å². The Kier molecular flexibility index (Phi) is 7.82. The summed E-state index contributed by atoms with van der Waals surface area (Å²) in [5.41, 5.74) is 1.92. The number of nitrogens with zero attached hydrogens (tertiary/aromatic N) is 1. The van der Waals surface area contributed by atoms with Crippen molar-refractivity contribution in [1.29, 1.82) is 0 Å². The lowest BCUT2D eigenvalue weighted by molar-refractivity contribution is -0.148. The topological polar surface area (TPSA) is 58.6 Å². The third kappa shape index (κ3) is 5.16. The molecule has 144 valence electrons. The van der Waals surface area contributed by atoms with Crippen molar-refractivity contribution >= 4 is 29.4 Å². The van der Waals surface area contributed by atoms with Crippen LogP contribution in [0.5, 0.6) is 0 Å². The van der Waals surface area contributed by atoms with Crippen LogP contribution in [0.2, 0.25) is 0 Å². The first-order valence-electron chi connectivity index (χ1n) is 9.44. The van der Waals surface area contributed by atoms with E-state index in [2.05, 4.69) is 33.0 Å². The first kappa shape index (κ1) is 20.6. The Morgan fingerprint density at radius 2 is 2.12 bits per heavy atom. The largest absolute Gasteiger partial charge is 0.464 e. The number of urea groups is 1. The molecule has 2 rings (SSSR count). The smallest absolute Gasteiger partial charge is 0.329 e. The fraction of sp³-hybridized carbons (Fsp3) is 0.600. The molecule has 0 aromatic heterocycles. The zero-order chi connectivity index (χ0) is 19.1. The van der Waals surface area contributed by atoms with Crippen LogP contribution in [-0.2, 0) is 16.0 Å². The lowest BCUT2D eigenvalue weighted by Crippen LogP contribution is -2.49. The van der Waals surface area contributed by atoms with Crippen LogP contribution < -0.4 is 5.32 Å². The number of carbonyl (C=O) groups is 2. The zero-order valence-electron chi connectivity index (χ0n) is 16.2. The number of anilines is 1. The van der Waals surface area contributed by atoms with Crippen LogP contribution >= 0.6 is 11.8 Å². The maximum absolute atomic E-state index is 13.0. The van der Waals surface area contributed by atoms with E-state index in [1.807, 2.05) is 24.3 Å². The van der Waals surface area contributed by atoms with Gasteiger partial charge in [0, 0.05) is 11.4 Å². The lowest BCUT2D eigenvalue weighted by atomic mass is 10.1. The van der Waals surface area contributed by atoms with E-state index < -0.39 is 6.04 Å². The summed E-state index contributed by atoms with van der Waals surface area (Å²) in [7, 11) is 0. The van der Waals surface area contributed by atoms with Gasteiger partial charge in [-0.2, -0.15) is 0 Å². The van der Waals surface area contributed by atoms with Gasteiger partial charge in [-0.15, -0.1) is 11.8 Å². The number of aryl methyl sites for hydroxylation is 1. The van der Waals surface area contributed by atoms with Crippen molar-refractivity contribution in [1.82, 2.24) is 4.90 Å². The molecular formula is C20H30N2O3S. The molecule has 1 aliphatic heterocycles. The highest BCUT2D eigenvalue weighted by atomic mass is 32.2. The van der Waals surface area contributed by atoms with E-state index in [1.54, 1.807) is 16.7 Å². The molecule has 6 heteroatoms. The third-order valence-corrected chi connectivity index (χ3v) is 6.06. The highest BCUT2D eigenvalue weighted by Crippen LogP contribution is 2.35.